The molecule has 0 aliphatic carbocycles. The van der Waals surface area contributed by atoms with Crippen LogP contribution >= 0.6 is 15.9 Å². The number of hydrogen-bond donors (Lipinski definition) is 1. The molecule has 0 aliphatic rings. The lowest BCUT2D eigenvalue weighted by atomic mass is 10.0. The zero-order valence-electron chi connectivity index (χ0n) is 10.8. The summed E-state index contributed by atoms with van der Waals surface area (Å²) in [5, 5.41) is 0. The summed E-state index contributed by atoms with van der Waals surface area (Å²) >= 11 is 3.32. The van der Waals surface area contributed by atoms with Gasteiger partial charge in [-0.1, -0.05) is 6.07 Å². The van der Waals surface area contributed by atoms with E-state index in [-0.39, 0.29) is 11.8 Å². The van der Waals surface area contributed by atoms with E-state index in [1.165, 1.54) is 0 Å². The Bertz CT molecular complexity index is 815. The van der Waals surface area contributed by atoms with Gasteiger partial charge in [0, 0.05) is 12.1 Å². The van der Waals surface area contributed by atoms with Crippen molar-refractivity contribution in [2.75, 3.05) is 0 Å². The van der Waals surface area contributed by atoms with Crippen LogP contribution in [0.3, 0.4) is 0 Å². The molecule has 0 amide bonds. The van der Waals surface area contributed by atoms with Gasteiger partial charge in [-0.05, 0) is 46.6 Å². The number of aryl methyl sites for hydroxylation is 1. The predicted molar refractivity (Wildman–Crippen MR) is 78.6 cm³/mol. The summed E-state index contributed by atoms with van der Waals surface area (Å²) in [6, 6.07) is 7.02. The highest BCUT2D eigenvalue weighted by Crippen LogP contribution is 2.29. The molecular formula is C14H13BrN2O3. The molecule has 2 heterocycles. The molecule has 104 valence electrons. The van der Waals surface area contributed by atoms with Crippen molar-refractivity contribution in [2.45, 2.75) is 19.5 Å². The predicted octanol–water partition coefficient (Wildman–Crippen LogP) is 3.02. The molecular weight excluding hydrogens is 324 g/mol. The first-order chi connectivity index (χ1) is 9.61. The molecule has 3 aromatic rings. The molecule has 2 N–H and O–H groups in total. The van der Waals surface area contributed by atoms with Crippen LogP contribution < -0.4 is 11.5 Å². The van der Waals surface area contributed by atoms with E-state index in [1.807, 2.05) is 25.1 Å². The normalized spacial score (nSPS) is 12.9. The summed E-state index contributed by atoms with van der Waals surface area (Å²) in [6.07, 6.45) is 1.57. The minimum Gasteiger partial charge on any atom is -0.457 e. The number of hydrogen-bond acceptors (Lipinski definition) is 4. The Kier molecular flexibility index (Phi) is 3.27. The van der Waals surface area contributed by atoms with Crippen LogP contribution in [0.5, 0.6) is 0 Å². The lowest BCUT2D eigenvalue weighted by Crippen LogP contribution is -2.12. The summed E-state index contributed by atoms with van der Waals surface area (Å²) in [6.45, 7) is 2.48. The van der Waals surface area contributed by atoms with Crippen molar-refractivity contribution < 1.29 is 8.83 Å². The highest BCUT2D eigenvalue weighted by molar-refractivity contribution is 9.10. The van der Waals surface area contributed by atoms with E-state index in [1.54, 1.807) is 16.9 Å². The molecule has 1 atom stereocenters. The van der Waals surface area contributed by atoms with Crippen molar-refractivity contribution in [1.29, 1.82) is 0 Å². The minimum atomic E-state index is -0.349. The summed E-state index contributed by atoms with van der Waals surface area (Å²) < 4.78 is 12.6. The van der Waals surface area contributed by atoms with Gasteiger partial charge in [0.05, 0.1) is 17.8 Å². The van der Waals surface area contributed by atoms with Crippen LogP contribution in [0.25, 0.3) is 11.1 Å². The molecule has 6 heteroatoms. The Morgan fingerprint density at radius 3 is 2.85 bits per heavy atom. The first-order valence-electron chi connectivity index (χ1n) is 6.23. The smallest absolute Gasteiger partial charge is 0.419 e. The van der Waals surface area contributed by atoms with Gasteiger partial charge in [-0.25, -0.2) is 4.79 Å². The van der Waals surface area contributed by atoms with Gasteiger partial charge in [0.25, 0.3) is 0 Å². The summed E-state index contributed by atoms with van der Waals surface area (Å²) in [7, 11) is 0. The second kappa shape index (κ2) is 4.96. The van der Waals surface area contributed by atoms with Crippen LogP contribution in [-0.2, 0) is 6.54 Å². The standard InChI is InChI=1S/C14H13BrN2O3/c1-2-17-10-4-3-8(7-11(10)20-14(17)18)12(16)9-5-6-19-13(9)15/h3-7,12H,2,16H2,1H3. The molecule has 20 heavy (non-hydrogen) atoms. The lowest BCUT2D eigenvalue weighted by molar-refractivity contribution is 0.513. The molecule has 5 nitrogen and oxygen atoms in total. The van der Waals surface area contributed by atoms with Crippen LogP contribution in [0, 0.1) is 0 Å². The average Bonchev–Trinajstić information content (AvgIpc) is 2.99. The maximum atomic E-state index is 11.7. The quantitative estimate of drug-likeness (QED) is 0.797. The van der Waals surface area contributed by atoms with Crippen molar-refractivity contribution in [1.82, 2.24) is 4.57 Å². The maximum absolute atomic E-state index is 11.7. The molecule has 0 bridgehead atoms. The minimum absolute atomic E-state index is 0.345. The molecule has 2 aromatic heterocycles. The Morgan fingerprint density at radius 1 is 1.40 bits per heavy atom. The second-order valence-electron chi connectivity index (χ2n) is 4.47. The third kappa shape index (κ3) is 2.01. The van der Waals surface area contributed by atoms with Gasteiger partial charge in [-0.3, -0.25) is 4.57 Å². The van der Waals surface area contributed by atoms with Gasteiger partial charge in [0.1, 0.15) is 0 Å². The van der Waals surface area contributed by atoms with Crippen molar-refractivity contribution in [3.63, 3.8) is 0 Å². The van der Waals surface area contributed by atoms with Gasteiger partial charge in [0.15, 0.2) is 10.3 Å². The van der Waals surface area contributed by atoms with Crippen LogP contribution in [-0.4, -0.2) is 4.57 Å². The second-order valence-corrected chi connectivity index (χ2v) is 5.19. The lowest BCUT2D eigenvalue weighted by Gasteiger charge is -2.10. The average molecular weight is 337 g/mol. The monoisotopic (exact) mass is 336 g/mol. The number of halogens is 1. The van der Waals surface area contributed by atoms with E-state index in [0.29, 0.717) is 16.8 Å². The van der Waals surface area contributed by atoms with Gasteiger partial charge < -0.3 is 14.6 Å². The van der Waals surface area contributed by atoms with E-state index in [4.69, 9.17) is 14.6 Å². The SMILES string of the molecule is CCn1c(=O)oc2cc(C(N)c3ccoc3Br)ccc21. The fourth-order valence-corrected chi connectivity index (χ4v) is 2.77. The molecule has 0 saturated heterocycles. The molecule has 0 spiro atoms. The molecule has 0 aliphatic heterocycles. The molecule has 1 unspecified atom stereocenters. The number of nitrogens with two attached hydrogens (primary N) is 1. The Hall–Kier alpha value is -1.79. The number of aromatic nitrogens is 1. The maximum Gasteiger partial charge on any atom is 0.419 e. The fraction of sp³-hybridized carbons (Fsp3) is 0.214. The number of nitrogens with zero attached hydrogens (tertiary/aromatic N) is 1. The number of fused-ring (bicyclic) bond motifs is 1. The van der Waals surface area contributed by atoms with E-state index < -0.39 is 0 Å². The number of rotatable bonds is 3. The summed E-state index contributed by atoms with van der Waals surface area (Å²) in [4.78, 5) is 11.7. The van der Waals surface area contributed by atoms with Crippen molar-refractivity contribution in [2.24, 2.45) is 5.73 Å². The molecule has 1 aromatic carbocycles. The zero-order chi connectivity index (χ0) is 14.3. The van der Waals surface area contributed by atoms with Crippen molar-refractivity contribution in [3.05, 3.63) is 56.9 Å². The summed E-state index contributed by atoms with van der Waals surface area (Å²) in [5.41, 5.74) is 9.24. The highest BCUT2D eigenvalue weighted by Gasteiger charge is 2.16. The van der Waals surface area contributed by atoms with Crippen LogP contribution in [0.1, 0.15) is 24.1 Å². The van der Waals surface area contributed by atoms with Gasteiger partial charge >= 0.3 is 5.76 Å². The van der Waals surface area contributed by atoms with Crippen LogP contribution in [0.4, 0.5) is 0 Å². The van der Waals surface area contributed by atoms with Gasteiger partial charge in [-0.15, -0.1) is 0 Å². The molecule has 0 saturated carbocycles. The highest BCUT2D eigenvalue weighted by atomic mass is 79.9. The van der Waals surface area contributed by atoms with Gasteiger partial charge in [-0.2, -0.15) is 0 Å². The first kappa shape index (κ1) is 13.2. The van der Waals surface area contributed by atoms with Gasteiger partial charge in [0.2, 0.25) is 0 Å². The van der Waals surface area contributed by atoms with E-state index in [0.717, 1.165) is 16.6 Å². The summed E-state index contributed by atoms with van der Waals surface area (Å²) in [5.74, 6) is -0.349. The fourth-order valence-electron chi connectivity index (χ4n) is 2.28. The van der Waals surface area contributed by atoms with E-state index in [2.05, 4.69) is 15.9 Å². The first-order valence-corrected chi connectivity index (χ1v) is 7.03. The molecule has 0 radical (unpaired) electrons. The van der Waals surface area contributed by atoms with E-state index >= 15 is 0 Å². The van der Waals surface area contributed by atoms with E-state index in [9.17, 15) is 4.79 Å². The molecule has 0 fully saturated rings. The largest absolute Gasteiger partial charge is 0.457 e. The number of furan rings is 1. The number of oxazole rings is 1. The third-order valence-corrected chi connectivity index (χ3v) is 3.99. The Labute approximate surface area is 123 Å². The third-order valence-electron chi connectivity index (χ3n) is 3.35. The zero-order valence-corrected chi connectivity index (χ0v) is 12.4. The number of benzene rings is 1. The van der Waals surface area contributed by atoms with Crippen LogP contribution in [0.15, 0.2) is 48.8 Å². The van der Waals surface area contributed by atoms with Crippen molar-refractivity contribution >= 4 is 27.0 Å². The van der Waals surface area contributed by atoms with Crippen LogP contribution in [0.2, 0.25) is 0 Å². The topological polar surface area (TPSA) is 74.3 Å². The Balaban J connectivity index is 2.10. The molecule has 3 rings (SSSR count). The van der Waals surface area contributed by atoms with Crippen molar-refractivity contribution in [3.8, 4) is 0 Å². The Morgan fingerprint density at radius 2 is 2.20 bits per heavy atom.